The topological polar surface area (TPSA) is 78.4 Å². The minimum atomic E-state index is -0.0123. The van der Waals surface area contributed by atoms with Gasteiger partial charge in [-0.25, -0.2) is 0 Å². The van der Waals surface area contributed by atoms with Crippen molar-refractivity contribution in [3.05, 3.63) is 76.1 Å². The summed E-state index contributed by atoms with van der Waals surface area (Å²) in [6.07, 6.45) is 3.51. The number of likely N-dealkylation sites (tertiary alicyclic amines) is 1. The predicted octanol–water partition coefficient (Wildman–Crippen LogP) is 3.18. The van der Waals surface area contributed by atoms with Crippen molar-refractivity contribution in [1.29, 1.82) is 0 Å². The number of hydrogen-bond donors (Lipinski definition) is 1. The lowest BCUT2D eigenvalue weighted by Crippen LogP contribution is -2.59. The average molecular weight is 448 g/mol. The number of nitrogens with one attached hydrogen (secondary N) is 1. The Morgan fingerprint density at radius 2 is 1.75 bits per heavy atom. The van der Waals surface area contributed by atoms with Gasteiger partial charge in [0.1, 0.15) is 0 Å². The molecule has 2 aromatic heterocycles. The number of amides is 2. The molecule has 1 aromatic carbocycles. The van der Waals surface area contributed by atoms with Crippen LogP contribution in [0.25, 0.3) is 0 Å². The van der Waals surface area contributed by atoms with Gasteiger partial charge in [-0.2, -0.15) is 5.10 Å². The van der Waals surface area contributed by atoms with Crippen LogP contribution in [0.4, 0.5) is 5.82 Å². The van der Waals surface area contributed by atoms with E-state index in [1.165, 1.54) is 4.88 Å². The summed E-state index contributed by atoms with van der Waals surface area (Å²) in [5, 5.41) is 11.1. The number of piperidine rings is 1. The maximum Gasteiger partial charge on any atom is 0.261 e. The lowest BCUT2D eigenvalue weighted by molar-refractivity contribution is 0.0713. The van der Waals surface area contributed by atoms with Crippen LogP contribution in [0.1, 0.15) is 43.7 Å². The summed E-state index contributed by atoms with van der Waals surface area (Å²) in [7, 11) is 0. The van der Waals surface area contributed by atoms with E-state index in [1.807, 2.05) is 53.4 Å². The van der Waals surface area contributed by atoms with Crippen LogP contribution in [0.5, 0.6) is 0 Å². The van der Waals surface area contributed by atoms with Crippen molar-refractivity contribution in [2.75, 3.05) is 31.1 Å². The van der Waals surface area contributed by atoms with Crippen LogP contribution in [0.2, 0.25) is 0 Å². The third kappa shape index (κ3) is 4.36. The maximum atomic E-state index is 12.7. The number of anilines is 1. The van der Waals surface area contributed by atoms with Crippen LogP contribution in [0.3, 0.4) is 0 Å². The summed E-state index contributed by atoms with van der Waals surface area (Å²) in [5.41, 5.74) is 0.745. The number of aromatic nitrogens is 2. The normalized spacial score (nSPS) is 17.1. The zero-order chi connectivity index (χ0) is 21.9. The molecule has 3 aromatic rings. The number of hydrogen-bond acceptors (Lipinski definition) is 6. The molecule has 0 bridgehead atoms. The quantitative estimate of drug-likeness (QED) is 0.650. The summed E-state index contributed by atoms with van der Waals surface area (Å²) in [6, 6.07) is 17.4. The molecular formula is C24H25N5O2S. The first-order chi connectivity index (χ1) is 15.7. The van der Waals surface area contributed by atoms with Gasteiger partial charge in [0.05, 0.1) is 10.9 Å². The summed E-state index contributed by atoms with van der Waals surface area (Å²) >= 11 is 1.58. The van der Waals surface area contributed by atoms with Crippen molar-refractivity contribution < 1.29 is 9.59 Å². The molecule has 8 heteroatoms. The van der Waals surface area contributed by atoms with Crippen LogP contribution < -0.4 is 10.2 Å². The van der Waals surface area contributed by atoms with E-state index < -0.39 is 0 Å². The second kappa shape index (κ2) is 9.08. The van der Waals surface area contributed by atoms with Gasteiger partial charge in [-0.15, -0.1) is 16.4 Å². The zero-order valence-electron chi connectivity index (χ0n) is 17.7. The molecule has 1 N–H and O–H groups in total. The van der Waals surface area contributed by atoms with Crippen LogP contribution in [0, 0.1) is 0 Å². The minimum absolute atomic E-state index is 0.0123. The fourth-order valence-corrected chi connectivity index (χ4v) is 5.38. The SMILES string of the molecule is O=C(NC1CN(c2cccnn2)C1)c1ccc(C2CCN(C(=O)c3ccccc3)CC2)s1. The van der Waals surface area contributed by atoms with Crippen LogP contribution >= 0.6 is 11.3 Å². The summed E-state index contributed by atoms with van der Waals surface area (Å²) < 4.78 is 0. The van der Waals surface area contributed by atoms with E-state index in [1.54, 1.807) is 17.5 Å². The lowest BCUT2D eigenvalue weighted by atomic mass is 9.95. The molecule has 2 fully saturated rings. The highest BCUT2D eigenvalue weighted by atomic mass is 32.1. The molecule has 0 spiro atoms. The van der Waals surface area contributed by atoms with Gasteiger partial charge < -0.3 is 15.1 Å². The van der Waals surface area contributed by atoms with E-state index in [0.29, 0.717) is 5.92 Å². The number of rotatable bonds is 5. The monoisotopic (exact) mass is 447 g/mol. The van der Waals surface area contributed by atoms with E-state index >= 15 is 0 Å². The van der Waals surface area contributed by atoms with Crippen LogP contribution in [-0.2, 0) is 0 Å². The lowest BCUT2D eigenvalue weighted by Gasteiger charge is -2.39. The molecule has 0 saturated carbocycles. The second-order valence-corrected chi connectivity index (χ2v) is 9.41. The van der Waals surface area contributed by atoms with Crippen molar-refractivity contribution in [3.63, 3.8) is 0 Å². The largest absolute Gasteiger partial charge is 0.351 e. The first kappa shape index (κ1) is 20.6. The predicted molar refractivity (Wildman–Crippen MR) is 124 cm³/mol. The summed E-state index contributed by atoms with van der Waals surface area (Å²) in [6.45, 7) is 2.99. The van der Waals surface area contributed by atoms with E-state index in [0.717, 1.165) is 55.3 Å². The van der Waals surface area contributed by atoms with E-state index in [-0.39, 0.29) is 17.9 Å². The molecule has 2 amide bonds. The van der Waals surface area contributed by atoms with Crippen molar-refractivity contribution in [3.8, 4) is 0 Å². The van der Waals surface area contributed by atoms with Crippen LogP contribution in [-0.4, -0.2) is 59.1 Å². The molecule has 0 unspecified atom stereocenters. The Balaban J connectivity index is 1.11. The molecule has 2 aliphatic rings. The van der Waals surface area contributed by atoms with Gasteiger partial charge in [-0.1, -0.05) is 18.2 Å². The van der Waals surface area contributed by atoms with E-state index in [9.17, 15) is 9.59 Å². The molecule has 0 radical (unpaired) electrons. The number of thiophene rings is 1. The Bertz CT molecular complexity index is 1070. The Kier molecular flexibility index (Phi) is 5.85. The van der Waals surface area contributed by atoms with Gasteiger partial charge in [0.2, 0.25) is 0 Å². The van der Waals surface area contributed by atoms with E-state index in [2.05, 4.69) is 26.5 Å². The molecule has 32 heavy (non-hydrogen) atoms. The highest BCUT2D eigenvalue weighted by molar-refractivity contribution is 7.14. The third-order valence-corrected chi connectivity index (χ3v) is 7.40. The molecule has 7 nitrogen and oxygen atoms in total. The number of benzene rings is 1. The standard InChI is InChI=1S/C24H25N5O2S/c30-23(26-19-15-29(16-19)22-7-4-12-25-27-22)21-9-8-20(32-21)17-10-13-28(14-11-17)24(31)18-5-2-1-3-6-18/h1-9,12,17,19H,10-11,13-16H2,(H,26,30). The molecular weight excluding hydrogens is 422 g/mol. The molecule has 164 valence electrons. The zero-order valence-corrected chi connectivity index (χ0v) is 18.5. The van der Waals surface area contributed by atoms with Crippen molar-refractivity contribution in [1.82, 2.24) is 20.4 Å². The Morgan fingerprint density at radius 3 is 2.47 bits per heavy atom. The number of carbonyl (C=O) groups is 2. The van der Waals surface area contributed by atoms with Gasteiger partial charge >= 0.3 is 0 Å². The molecule has 2 saturated heterocycles. The average Bonchev–Trinajstić information content (AvgIpc) is 3.32. The fraction of sp³-hybridized carbons (Fsp3) is 0.333. The molecule has 2 aliphatic heterocycles. The van der Waals surface area contributed by atoms with Gasteiger partial charge in [-0.05, 0) is 55.2 Å². The van der Waals surface area contributed by atoms with Crippen LogP contribution in [0.15, 0.2) is 60.8 Å². The number of carbonyl (C=O) groups excluding carboxylic acids is 2. The third-order valence-electron chi connectivity index (χ3n) is 6.15. The Labute approximate surface area is 191 Å². The summed E-state index contributed by atoms with van der Waals surface area (Å²) in [5.74, 6) is 1.33. The Morgan fingerprint density at radius 1 is 0.969 bits per heavy atom. The van der Waals surface area contributed by atoms with Gasteiger partial charge in [0, 0.05) is 42.8 Å². The molecule has 5 rings (SSSR count). The van der Waals surface area contributed by atoms with Gasteiger partial charge in [-0.3, -0.25) is 9.59 Å². The smallest absolute Gasteiger partial charge is 0.261 e. The van der Waals surface area contributed by atoms with Crippen molar-refractivity contribution in [2.24, 2.45) is 0 Å². The highest BCUT2D eigenvalue weighted by Gasteiger charge is 2.30. The molecule has 0 aliphatic carbocycles. The fourth-order valence-electron chi connectivity index (χ4n) is 4.30. The van der Waals surface area contributed by atoms with Crippen molar-refractivity contribution >= 4 is 29.0 Å². The van der Waals surface area contributed by atoms with Crippen molar-refractivity contribution in [2.45, 2.75) is 24.8 Å². The first-order valence-corrected chi connectivity index (χ1v) is 11.8. The van der Waals surface area contributed by atoms with E-state index in [4.69, 9.17) is 0 Å². The van der Waals surface area contributed by atoms with Gasteiger partial charge in [0.25, 0.3) is 11.8 Å². The van der Waals surface area contributed by atoms with Gasteiger partial charge in [0.15, 0.2) is 5.82 Å². The highest BCUT2D eigenvalue weighted by Crippen LogP contribution is 2.33. The minimum Gasteiger partial charge on any atom is -0.351 e. The number of nitrogens with zero attached hydrogens (tertiary/aromatic N) is 4. The molecule has 0 atom stereocenters. The Hall–Kier alpha value is -3.26. The maximum absolute atomic E-state index is 12.7. The first-order valence-electron chi connectivity index (χ1n) is 10.9. The summed E-state index contributed by atoms with van der Waals surface area (Å²) in [4.78, 5) is 31.4. The second-order valence-electron chi connectivity index (χ2n) is 8.29. The molecule has 4 heterocycles.